The number of nitrogens with zero attached hydrogens (tertiary/aromatic N) is 1. The molecule has 0 spiro atoms. The van der Waals surface area contributed by atoms with Crippen LogP contribution in [0.4, 0.5) is 0 Å². The lowest BCUT2D eigenvalue weighted by Gasteiger charge is -2.16. The van der Waals surface area contributed by atoms with Crippen molar-refractivity contribution in [1.82, 2.24) is 4.57 Å². The minimum Gasteiger partial charge on any atom is -0.309 e. The number of para-hydroxylation sites is 1. The zero-order chi connectivity index (χ0) is 27.1. The van der Waals surface area contributed by atoms with Crippen LogP contribution in [0.2, 0.25) is 0 Å². The first-order chi connectivity index (χ1) is 20.2. The summed E-state index contributed by atoms with van der Waals surface area (Å²) in [6.45, 7) is 0. The van der Waals surface area contributed by atoms with Crippen LogP contribution in [0.15, 0.2) is 146 Å². The van der Waals surface area contributed by atoms with Crippen molar-refractivity contribution in [2.75, 3.05) is 0 Å². The van der Waals surface area contributed by atoms with Gasteiger partial charge in [-0.05, 0) is 51.6 Å². The van der Waals surface area contributed by atoms with Crippen molar-refractivity contribution in [1.29, 1.82) is 0 Å². The predicted molar refractivity (Wildman–Crippen MR) is 174 cm³/mol. The largest absolute Gasteiger partial charge is 0.309 e. The molecule has 9 rings (SSSR count). The molecule has 0 N–H and O–H groups in total. The Kier molecular flexibility index (Phi) is 4.63. The van der Waals surface area contributed by atoms with Crippen LogP contribution in [0.5, 0.6) is 0 Å². The normalized spacial score (nSPS) is 16.0. The number of hydrogen-bond donors (Lipinski definition) is 0. The third-order valence-corrected chi connectivity index (χ3v) is 11.9. The van der Waals surface area contributed by atoms with Gasteiger partial charge >= 0.3 is 0 Å². The molecule has 1 aliphatic rings. The standard InChI is InChI=1S/C38H24NOP/c40-41(26-13-2-1-3-14-26)37-21-11-9-19-31(37)33-23-36-32(24-38(33)41)30-18-8-10-20-34(30)39(36)35-22-25-12-4-5-15-27(25)28-16-6-7-17-29(28)35/h1-24H. The first-order valence-electron chi connectivity index (χ1n) is 14.0. The SMILES string of the molecule is O=P1(c2ccccc2)c2ccccc2-c2cc3c(cc21)c1ccccc1n3-c1cc2ccccc2c2ccccc12. The molecule has 0 radical (unpaired) electrons. The van der Waals surface area contributed by atoms with E-state index in [1.165, 1.54) is 21.5 Å². The Morgan fingerprint density at radius 2 is 1.10 bits per heavy atom. The molecule has 192 valence electrons. The summed E-state index contributed by atoms with van der Waals surface area (Å²) in [5, 5.41) is 9.97. The Hall–Kier alpha value is -4.91. The monoisotopic (exact) mass is 541 g/mol. The molecular weight excluding hydrogens is 517 g/mol. The second kappa shape index (κ2) is 8.30. The summed E-state index contributed by atoms with van der Waals surface area (Å²) in [7, 11) is -3.03. The third kappa shape index (κ3) is 3.00. The molecule has 1 unspecified atom stereocenters. The van der Waals surface area contributed by atoms with Gasteiger partial charge in [0, 0.05) is 32.1 Å². The third-order valence-electron chi connectivity index (χ3n) is 8.77. The summed E-state index contributed by atoms with van der Waals surface area (Å²) in [4.78, 5) is 0. The molecule has 0 saturated carbocycles. The minimum absolute atomic E-state index is 0.884. The van der Waals surface area contributed by atoms with E-state index in [2.05, 4.69) is 114 Å². The van der Waals surface area contributed by atoms with E-state index in [1.807, 2.05) is 36.4 Å². The quantitative estimate of drug-likeness (QED) is 0.158. The molecule has 8 aromatic rings. The van der Waals surface area contributed by atoms with E-state index in [0.717, 1.165) is 54.5 Å². The van der Waals surface area contributed by atoms with Crippen LogP contribution >= 0.6 is 7.14 Å². The van der Waals surface area contributed by atoms with Crippen LogP contribution in [0.3, 0.4) is 0 Å². The molecule has 1 aromatic heterocycles. The number of benzene rings is 7. The molecular formula is C38H24NOP. The summed E-state index contributed by atoms with van der Waals surface area (Å²) in [5.74, 6) is 0. The van der Waals surface area contributed by atoms with Crippen LogP contribution in [0, 0.1) is 0 Å². The zero-order valence-electron chi connectivity index (χ0n) is 22.2. The van der Waals surface area contributed by atoms with Crippen molar-refractivity contribution in [3.05, 3.63) is 146 Å². The summed E-state index contributed by atoms with van der Waals surface area (Å²) in [6.07, 6.45) is 0. The van der Waals surface area contributed by atoms with E-state index in [0.29, 0.717) is 0 Å². The van der Waals surface area contributed by atoms with Crippen LogP contribution in [-0.4, -0.2) is 4.57 Å². The minimum atomic E-state index is -3.03. The molecule has 1 aliphatic heterocycles. The van der Waals surface area contributed by atoms with Crippen LogP contribution in [0.25, 0.3) is 60.2 Å². The van der Waals surface area contributed by atoms with Crippen LogP contribution < -0.4 is 15.9 Å². The molecule has 1 atom stereocenters. The average Bonchev–Trinajstić information content (AvgIpc) is 3.50. The smallest absolute Gasteiger partial charge is 0.172 e. The highest BCUT2D eigenvalue weighted by molar-refractivity contribution is 7.86. The lowest BCUT2D eigenvalue weighted by atomic mass is 10.00. The fourth-order valence-corrected chi connectivity index (χ4v) is 10.1. The molecule has 2 heterocycles. The Bertz CT molecular complexity index is 2400. The van der Waals surface area contributed by atoms with Crippen molar-refractivity contribution in [2.45, 2.75) is 0 Å². The fraction of sp³-hybridized carbons (Fsp3) is 0. The second-order valence-electron chi connectivity index (χ2n) is 10.9. The molecule has 0 bridgehead atoms. The maximum atomic E-state index is 15.2. The topological polar surface area (TPSA) is 22.0 Å². The van der Waals surface area contributed by atoms with Crippen molar-refractivity contribution in [2.24, 2.45) is 0 Å². The lowest BCUT2D eigenvalue weighted by Crippen LogP contribution is -2.20. The molecule has 0 aliphatic carbocycles. The lowest BCUT2D eigenvalue weighted by molar-refractivity contribution is 0.593. The van der Waals surface area contributed by atoms with Gasteiger partial charge in [0.25, 0.3) is 0 Å². The van der Waals surface area contributed by atoms with E-state index in [9.17, 15) is 0 Å². The van der Waals surface area contributed by atoms with Gasteiger partial charge in [0.05, 0.1) is 16.7 Å². The summed E-state index contributed by atoms with van der Waals surface area (Å²) < 4.78 is 17.6. The van der Waals surface area contributed by atoms with Crippen molar-refractivity contribution >= 4 is 66.4 Å². The van der Waals surface area contributed by atoms with E-state index < -0.39 is 7.14 Å². The van der Waals surface area contributed by atoms with Gasteiger partial charge in [0.15, 0.2) is 7.14 Å². The van der Waals surface area contributed by atoms with Gasteiger partial charge in [-0.15, -0.1) is 0 Å². The molecule has 2 nitrogen and oxygen atoms in total. The highest BCUT2D eigenvalue weighted by atomic mass is 31.2. The summed E-state index contributed by atoms with van der Waals surface area (Å²) in [5.41, 5.74) is 5.56. The van der Waals surface area contributed by atoms with Crippen molar-refractivity contribution in [3.63, 3.8) is 0 Å². The van der Waals surface area contributed by atoms with Crippen molar-refractivity contribution < 1.29 is 4.57 Å². The number of fused-ring (bicyclic) bond motifs is 9. The van der Waals surface area contributed by atoms with E-state index in [-0.39, 0.29) is 0 Å². The molecule has 0 fully saturated rings. The maximum Gasteiger partial charge on any atom is 0.172 e. The molecule has 3 heteroatoms. The zero-order valence-corrected chi connectivity index (χ0v) is 23.1. The van der Waals surface area contributed by atoms with E-state index in [4.69, 9.17) is 0 Å². The van der Waals surface area contributed by atoms with Gasteiger partial charge in [-0.1, -0.05) is 121 Å². The van der Waals surface area contributed by atoms with Crippen LogP contribution in [0.1, 0.15) is 0 Å². The maximum absolute atomic E-state index is 15.2. The highest BCUT2D eigenvalue weighted by Crippen LogP contribution is 2.53. The number of rotatable bonds is 2. The van der Waals surface area contributed by atoms with Crippen LogP contribution in [-0.2, 0) is 4.57 Å². The highest BCUT2D eigenvalue weighted by Gasteiger charge is 2.40. The van der Waals surface area contributed by atoms with E-state index in [1.54, 1.807) is 0 Å². The Morgan fingerprint density at radius 1 is 0.439 bits per heavy atom. The van der Waals surface area contributed by atoms with Gasteiger partial charge in [-0.25, -0.2) is 0 Å². The Morgan fingerprint density at radius 3 is 1.95 bits per heavy atom. The fourth-order valence-electron chi connectivity index (χ4n) is 6.98. The molecule has 7 aromatic carbocycles. The van der Waals surface area contributed by atoms with E-state index >= 15 is 4.57 Å². The number of hydrogen-bond acceptors (Lipinski definition) is 1. The van der Waals surface area contributed by atoms with Crippen molar-refractivity contribution in [3.8, 4) is 16.8 Å². The van der Waals surface area contributed by atoms with Gasteiger partial charge in [-0.3, -0.25) is 0 Å². The summed E-state index contributed by atoms with van der Waals surface area (Å²) in [6, 6.07) is 51.0. The first-order valence-corrected chi connectivity index (χ1v) is 15.7. The van der Waals surface area contributed by atoms with Gasteiger partial charge in [0.2, 0.25) is 0 Å². The number of aromatic nitrogens is 1. The molecule has 0 saturated heterocycles. The predicted octanol–water partition coefficient (Wildman–Crippen LogP) is 8.71. The average molecular weight is 542 g/mol. The Balaban J connectivity index is 1.45. The first kappa shape index (κ1) is 22.9. The Labute approximate surface area is 237 Å². The van der Waals surface area contributed by atoms with Gasteiger partial charge in [0.1, 0.15) is 0 Å². The van der Waals surface area contributed by atoms with Gasteiger partial charge < -0.3 is 9.13 Å². The van der Waals surface area contributed by atoms with Gasteiger partial charge in [-0.2, -0.15) is 0 Å². The molecule has 0 amide bonds. The second-order valence-corrected chi connectivity index (χ2v) is 13.6. The summed E-state index contributed by atoms with van der Waals surface area (Å²) >= 11 is 0. The molecule has 41 heavy (non-hydrogen) atoms.